The molecule has 49 heavy (non-hydrogen) atoms. The summed E-state index contributed by atoms with van der Waals surface area (Å²) in [7, 11) is 0. The average Bonchev–Trinajstić information content (AvgIpc) is 2.87. The van der Waals surface area contributed by atoms with Gasteiger partial charge in [-0.05, 0) is 71.0 Å². The molecule has 0 amide bonds. The zero-order valence-corrected chi connectivity index (χ0v) is 31.9. The molecule has 0 aliphatic rings. The Morgan fingerprint density at radius 1 is 0.408 bits per heavy atom. The smallest absolute Gasteiger partial charge is 2.00 e. The number of nitrogens with zero attached hydrogens (tertiary/aromatic N) is 3. The summed E-state index contributed by atoms with van der Waals surface area (Å²) < 4.78 is 0. The number of carbonyl (C=O) groups excluding carboxylic acids is 5. The molecule has 0 saturated carbocycles. The molecule has 3 rings (SSSR count). The first kappa shape index (κ1) is 91.1. The van der Waals surface area contributed by atoms with Crippen LogP contribution in [0.25, 0.3) is 0 Å². The second kappa shape index (κ2) is 90.7. The second-order valence-electron chi connectivity index (χ2n) is 5.63. The van der Waals surface area contributed by atoms with Crippen molar-refractivity contribution >= 4 is 53.0 Å². The summed E-state index contributed by atoms with van der Waals surface area (Å²) in [4.78, 5) is 55.8. The van der Waals surface area contributed by atoms with Crippen molar-refractivity contribution in [2.45, 2.75) is 34.6 Å². The van der Waals surface area contributed by atoms with Gasteiger partial charge in [0, 0.05) is 84.1 Å². The molecule has 0 spiro atoms. The number of alkyl halides is 2. The quantitative estimate of drug-likeness (QED) is 0.174. The summed E-state index contributed by atoms with van der Waals surface area (Å²) in [5.74, 6) is -5.42. The van der Waals surface area contributed by atoms with Crippen LogP contribution in [0.15, 0.2) is 91.8 Å². The van der Waals surface area contributed by atoms with Crippen LogP contribution in [0.1, 0.15) is 34.6 Å². The SMILES string of the molecule is CC(=O)[O-].CC(=O)[O-].CC(=O)[O-].CC(=O)[O-].CC(=O)[O-].ClCCl.[Co+3].[Co+3].[Co+3].[Mn].[O-2].[O-2].[O-2].[O-2].c1ccncc1.c1ccncc1.c1ccncc1. The van der Waals surface area contributed by atoms with Gasteiger partial charge in [-0.25, -0.2) is 0 Å². The fourth-order valence-corrected chi connectivity index (χ4v) is 0.938. The van der Waals surface area contributed by atoms with Crippen molar-refractivity contribution in [2.75, 3.05) is 5.34 Å². The maximum absolute atomic E-state index is 8.89. The molecule has 0 bridgehead atoms. The van der Waals surface area contributed by atoms with E-state index >= 15 is 0 Å². The molecular formula is C26H32Cl2Co3MnN3O14-4. The van der Waals surface area contributed by atoms with Crippen molar-refractivity contribution in [3.8, 4) is 0 Å². The van der Waals surface area contributed by atoms with Crippen LogP contribution in [0.5, 0.6) is 0 Å². The van der Waals surface area contributed by atoms with E-state index in [2.05, 4.69) is 15.0 Å². The van der Waals surface area contributed by atoms with Crippen molar-refractivity contribution in [1.29, 1.82) is 0 Å². The van der Waals surface area contributed by atoms with E-state index in [9.17, 15) is 0 Å². The number of halogens is 2. The minimum atomic E-state index is -1.08. The standard InChI is InChI=1S/3C5H5N.5C2H4O2.CH2Cl2.3Co.Mn.4O/c3*1-2-4-6-5-3-1;5*1-2(3)4;2-1-3;;;;;;;;/h3*1-5H;5*1H3,(H,3,4);1H2;;;;;;;;/q;;;;;;;;;3*+3;;4*-2/p-5. The predicted octanol–water partition coefficient (Wildman–Crippen LogP) is -2.04. The second-order valence-corrected chi connectivity index (χ2v) is 6.44. The molecule has 3 aromatic rings. The summed E-state index contributed by atoms with van der Waals surface area (Å²) >= 11 is 9.53. The van der Waals surface area contributed by atoms with Gasteiger partial charge < -0.3 is 71.4 Å². The molecule has 0 saturated heterocycles. The Kier molecular flexibility index (Phi) is 169. The van der Waals surface area contributed by atoms with Crippen LogP contribution in [-0.4, -0.2) is 50.1 Å². The number of aliphatic carboxylic acids is 5. The maximum atomic E-state index is 8.89. The molecule has 1 radical (unpaired) electrons. The van der Waals surface area contributed by atoms with E-state index in [4.69, 9.17) is 72.7 Å². The summed E-state index contributed by atoms with van der Waals surface area (Å²) in [6, 6.07) is 17.1. The Morgan fingerprint density at radius 3 is 0.510 bits per heavy atom. The summed E-state index contributed by atoms with van der Waals surface area (Å²) in [6.45, 7) is 4.86. The fourth-order valence-electron chi connectivity index (χ4n) is 0.938. The first-order valence-electron chi connectivity index (χ1n) is 10.6. The summed E-state index contributed by atoms with van der Waals surface area (Å²) in [5, 5.41) is 44.6. The minimum absolute atomic E-state index is 0. The van der Waals surface area contributed by atoms with Crippen LogP contribution < -0.4 is 25.5 Å². The monoisotopic (exact) mass is 912 g/mol. The van der Waals surface area contributed by atoms with Crippen LogP contribution in [0, 0.1) is 0 Å². The average molecular weight is 913 g/mol. The van der Waals surface area contributed by atoms with E-state index in [1.165, 1.54) is 0 Å². The summed E-state index contributed by atoms with van der Waals surface area (Å²) in [6.07, 6.45) is 10.5. The number of carbonyl (C=O) groups is 5. The fraction of sp³-hybridized carbons (Fsp3) is 0.231. The van der Waals surface area contributed by atoms with Crippen LogP contribution in [0.2, 0.25) is 0 Å². The molecule has 17 nitrogen and oxygen atoms in total. The minimum Gasteiger partial charge on any atom is -2.00 e. The number of aromatic nitrogens is 3. The number of carboxylic acids is 5. The molecule has 0 atom stereocenters. The number of hydrogen-bond donors (Lipinski definition) is 0. The van der Waals surface area contributed by atoms with Gasteiger partial charge in [0.05, 0.1) is 5.34 Å². The molecule has 3 heterocycles. The normalized spacial score (nSPS) is 5.86. The number of hydrogen-bond acceptors (Lipinski definition) is 13. The third-order valence-corrected chi connectivity index (χ3v) is 1.70. The van der Waals surface area contributed by atoms with Crippen molar-refractivity contribution in [2.24, 2.45) is 0 Å². The molecule has 0 N–H and O–H groups in total. The molecule has 0 aliphatic carbocycles. The van der Waals surface area contributed by atoms with Gasteiger partial charge in [0.15, 0.2) is 0 Å². The number of carboxylic acid groups (broad SMARTS) is 5. The molecule has 0 fully saturated rings. The zero-order chi connectivity index (χ0) is 33.3. The van der Waals surface area contributed by atoms with Gasteiger partial charge in [-0.1, -0.05) is 18.2 Å². The van der Waals surface area contributed by atoms with E-state index < -0.39 is 29.8 Å². The Morgan fingerprint density at radius 2 is 0.490 bits per heavy atom. The van der Waals surface area contributed by atoms with Gasteiger partial charge in [-0.3, -0.25) is 15.0 Å². The van der Waals surface area contributed by atoms with E-state index in [1.807, 2.05) is 54.6 Å². The van der Waals surface area contributed by atoms with Gasteiger partial charge in [-0.2, -0.15) is 0 Å². The maximum Gasteiger partial charge on any atom is 3.00 e. The van der Waals surface area contributed by atoms with E-state index in [0.717, 1.165) is 34.6 Å². The predicted molar refractivity (Wildman–Crippen MR) is 145 cm³/mol. The van der Waals surface area contributed by atoms with E-state index in [1.54, 1.807) is 37.2 Å². The molecule has 3 aromatic heterocycles. The Labute approximate surface area is 336 Å². The van der Waals surface area contributed by atoms with Crippen molar-refractivity contribution in [1.82, 2.24) is 15.0 Å². The Bertz CT molecular complexity index is 728. The molecule has 0 unspecified atom stereocenters. The van der Waals surface area contributed by atoms with Crippen LogP contribution in [-0.2, 0) is 113 Å². The van der Waals surface area contributed by atoms with Gasteiger partial charge in [0.25, 0.3) is 0 Å². The van der Waals surface area contributed by atoms with Gasteiger partial charge in [0.1, 0.15) is 0 Å². The first-order chi connectivity index (χ1) is 19.1. The van der Waals surface area contributed by atoms with Gasteiger partial charge in [-0.15, -0.1) is 23.2 Å². The summed E-state index contributed by atoms with van der Waals surface area (Å²) in [5.41, 5.74) is 0. The number of pyridine rings is 3. The zero-order valence-electron chi connectivity index (χ0n) is 26.1. The van der Waals surface area contributed by atoms with Crippen LogP contribution >= 0.6 is 23.2 Å². The topological polar surface area (TPSA) is 353 Å². The van der Waals surface area contributed by atoms with Crippen molar-refractivity contribution in [3.05, 3.63) is 91.8 Å². The molecule has 0 aromatic carbocycles. The first-order valence-corrected chi connectivity index (χ1v) is 11.7. The van der Waals surface area contributed by atoms with Crippen molar-refractivity contribution in [3.63, 3.8) is 0 Å². The van der Waals surface area contributed by atoms with Gasteiger partial charge in [0.2, 0.25) is 0 Å². The van der Waals surface area contributed by atoms with E-state index in [-0.39, 0.29) is 94.6 Å². The van der Waals surface area contributed by atoms with Crippen LogP contribution in [0.4, 0.5) is 0 Å². The third kappa shape index (κ3) is 364. The number of rotatable bonds is 0. The Balaban J connectivity index is -0.0000000232. The molecule has 0 aliphatic heterocycles. The third-order valence-electron chi connectivity index (χ3n) is 1.70. The Hall–Kier alpha value is -2.74. The molecule has 287 valence electrons. The van der Waals surface area contributed by atoms with E-state index in [0.29, 0.717) is 0 Å². The molecular weight excluding hydrogens is 881 g/mol. The van der Waals surface area contributed by atoms with Gasteiger partial charge >= 0.3 is 50.3 Å². The van der Waals surface area contributed by atoms with Crippen LogP contribution in [0.3, 0.4) is 0 Å². The molecule has 23 heteroatoms. The largest absolute Gasteiger partial charge is 3.00 e. The van der Waals surface area contributed by atoms with Crippen molar-refractivity contribution < 1.29 is 139 Å².